The first kappa shape index (κ1) is 12.7. The van der Waals surface area contributed by atoms with Gasteiger partial charge in [-0.2, -0.15) is 13.2 Å². The Kier molecular flexibility index (Phi) is 4.04. The molecule has 0 aromatic heterocycles. The molecule has 0 aliphatic carbocycles. The van der Waals surface area contributed by atoms with Gasteiger partial charge in [0.15, 0.2) is 0 Å². The Balaban J connectivity index is 2.51. The predicted octanol–water partition coefficient (Wildman–Crippen LogP) is 3.45. The average molecular weight is 233 g/mol. The number of rotatable bonds is 4. The lowest BCUT2D eigenvalue weighted by Gasteiger charge is -2.12. The lowest BCUT2D eigenvalue weighted by atomic mass is 10.3. The van der Waals surface area contributed by atoms with Crippen molar-refractivity contribution in [1.29, 1.82) is 0 Å². The van der Waals surface area contributed by atoms with E-state index in [2.05, 4.69) is 5.32 Å². The molecule has 0 spiro atoms. The van der Waals surface area contributed by atoms with E-state index in [4.69, 9.17) is 4.74 Å². The largest absolute Gasteiger partial charge is 0.491 e. The highest BCUT2D eigenvalue weighted by atomic mass is 19.4. The van der Waals surface area contributed by atoms with Gasteiger partial charge >= 0.3 is 6.18 Å². The maximum atomic E-state index is 11.9. The zero-order chi connectivity index (χ0) is 12.2. The van der Waals surface area contributed by atoms with Gasteiger partial charge in [0.25, 0.3) is 0 Å². The van der Waals surface area contributed by atoms with Crippen molar-refractivity contribution in [2.45, 2.75) is 26.1 Å². The van der Waals surface area contributed by atoms with E-state index in [9.17, 15) is 13.2 Å². The van der Waals surface area contributed by atoms with E-state index in [1.54, 1.807) is 24.3 Å². The van der Waals surface area contributed by atoms with Crippen LogP contribution in [0, 0.1) is 0 Å². The molecule has 0 saturated heterocycles. The first-order valence-corrected chi connectivity index (χ1v) is 4.94. The molecular weight excluding hydrogens is 219 g/mol. The summed E-state index contributed by atoms with van der Waals surface area (Å²) in [5.41, 5.74) is 0.424. The van der Waals surface area contributed by atoms with Crippen LogP contribution in [0.1, 0.15) is 13.8 Å². The maximum Gasteiger partial charge on any atom is 0.405 e. The summed E-state index contributed by atoms with van der Waals surface area (Å²) >= 11 is 0. The van der Waals surface area contributed by atoms with Crippen LogP contribution in [0.25, 0.3) is 0 Å². The summed E-state index contributed by atoms with van der Waals surface area (Å²) in [6, 6.07) is 6.39. The van der Waals surface area contributed by atoms with Crippen LogP contribution in [0.3, 0.4) is 0 Å². The molecule has 2 nitrogen and oxygen atoms in total. The second-order valence-electron chi connectivity index (χ2n) is 3.66. The van der Waals surface area contributed by atoms with Crippen LogP contribution in [0.5, 0.6) is 5.75 Å². The van der Waals surface area contributed by atoms with E-state index in [0.717, 1.165) is 0 Å². The van der Waals surface area contributed by atoms with Crippen molar-refractivity contribution in [2.75, 3.05) is 11.9 Å². The number of hydrogen-bond donors (Lipinski definition) is 1. The quantitative estimate of drug-likeness (QED) is 0.860. The summed E-state index contributed by atoms with van der Waals surface area (Å²) in [5, 5.41) is 2.28. The minimum Gasteiger partial charge on any atom is -0.491 e. The maximum absolute atomic E-state index is 11.9. The number of ether oxygens (including phenoxy) is 1. The molecule has 0 heterocycles. The van der Waals surface area contributed by atoms with E-state index in [0.29, 0.717) is 11.4 Å². The summed E-state index contributed by atoms with van der Waals surface area (Å²) < 4.78 is 41.1. The number of halogens is 3. The molecule has 1 aromatic carbocycles. The molecule has 0 unspecified atom stereocenters. The Hall–Kier alpha value is -1.39. The first-order valence-electron chi connectivity index (χ1n) is 4.94. The Labute approximate surface area is 92.4 Å². The number of anilines is 1. The van der Waals surface area contributed by atoms with Crippen molar-refractivity contribution in [1.82, 2.24) is 0 Å². The minimum absolute atomic E-state index is 0.0500. The van der Waals surface area contributed by atoms with Gasteiger partial charge in [-0.05, 0) is 38.1 Å². The third-order valence-electron chi connectivity index (χ3n) is 1.72. The van der Waals surface area contributed by atoms with Gasteiger partial charge in [0.05, 0.1) is 6.10 Å². The van der Waals surface area contributed by atoms with Crippen molar-refractivity contribution in [3.05, 3.63) is 24.3 Å². The van der Waals surface area contributed by atoms with Gasteiger partial charge in [0.1, 0.15) is 12.3 Å². The highest BCUT2D eigenvalue weighted by molar-refractivity contribution is 5.46. The number of hydrogen-bond acceptors (Lipinski definition) is 2. The Morgan fingerprint density at radius 3 is 2.19 bits per heavy atom. The third kappa shape index (κ3) is 4.91. The second-order valence-corrected chi connectivity index (χ2v) is 3.66. The van der Waals surface area contributed by atoms with Crippen LogP contribution in [0.2, 0.25) is 0 Å². The third-order valence-corrected chi connectivity index (χ3v) is 1.72. The molecule has 0 amide bonds. The number of benzene rings is 1. The molecule has 1 N–H and O–H groups in total. The molecule has 16 heavy (non-hydrogen) atoms. The van der Waals surface area contributed by atoms with E-state index in [1.165, 1.54) is 0 Å². The van der Waals surface area contributed by atoms with Gasteiger partial charge in [-0.15, -0.1) is 0 Å². The summed E-state index contributed by atoms with van der Waals surface area (Å²) in [5.74, 6) is 0.646. The highest BCUT2D eigenvalue weighted by Crippen LogP contribution is 2.19. The van der Waals surface area contributed by atoms with Crippen LogP contribution in [-0.4, -0.2) is 18.8 Å². The number of alkyl halides is 3. The fourth-order valence-electron chi connectivity index (χ4n) is 1.13. The SMILES string of the molecule is CC(C)Oc1ccc(NCC(F)(F)F)cc1. The van der Waals surface area contributed by atoms with Gasteiger partial charge < -0.3 is 10.1 Å². The van der Waals surface area contributed by atoms with Crippen LogP contribution >= 0.6 is 0 Å². The van der Waals surface area contributed by atoms with E-state index < -0.39 is 12.7 Å². The summed E-state index contributed by atoms with van der Waals surface area (Å²) in [6.07, 6.45) is -4.15. The van der Waals surface area contributed by atoms with Crippen molar-refractivity contribution < 1.29 is 17.9 Å². The monoisotopic (exact) mass is 233 g/mol. The van der Waals surface area contributed by atoms with Gasteiger partial charge in [-0.1, -0.05) is 0 Å². The molecule has 0 fully saturated rings. The summed E-state index contributed by atoms with van der Waals surface area (Å²) in [4.78, 5) is 0. The van der Waals surface area contributed by atoms with Crippen LogP contribution < -0.4 is 10.1 Å². The number of nitrogens with one attached hydrogen (secondary N) is 1. The molecular formula is C11H14F3NO. The Morgan fingerprint density at radius 1 is 1.19 bits per heavy atom. The molecule has 0 saturated carbocycles. The zero-order valence-electron chi connectivity index (χ0n) is 9.14. The molecule has 0 aliphatic rings. The lowest BCUT2D eigenvalue weighted by molar-refractivity contribution is -0.115. The smallest absolute Gasteiger partial charge is 0.405 e. The molecule has 90 valence electrons. The molecule has 0 radical (unpaired) electrons. The Bertz CT molecular complexity index is 319. The van der Waals surface area contributed by atoms with Gasteiger partial charge in [-0.25, -0.2) is 0 Å². The first-order chi connectivity index (χ1) is 7.37. The normalized spacial score (nSPS) is 11.6. The van der Waals surface area contributed by atoms with Crippen LogP contribution in [0.15, 0.2) is 24.3 Å². The fourth-order valence-corrected chi connectivity index (χ4v) is 1.13. The topological polar surface area (TPSA) is 21.3 Å². The standard InChI is InChI=1S/C11H14F3NO/c1-8(2)16-10-5-3-9(4-6-10)15-7-11(12,13)14/h3-6,8,15H,7H2,1-2H3. The van der Waals surface area contributed by atoms with Crippen molar-refractivity contribution in [2.24, 2.45) is 0 Å². The predicted molar refractivity (Wildman–Crippen MR) is 56.8 cm³/mol. The van der Waals surface area contributed by atoms with Crippen molar-refractivity contribution >= 4 is 5.69 Å². The molecule has 5 heteroatoms. The van der Waals surface area contributed by atoms with E-state index in [-0.39, 0.29) is 6.10 Å². The molecule has 1 aromatic rings. The van der Waals surface area contributed by atoms with Gasteiger partial charge in [-0.3, -0.25) is 0 Å². The minimum atomic E-state index is -4.20. The van der Waals surface area contributed by atoms with E-state index >= 15 is 0 Å². The van der Waals surface area contributed by atoms with E-state index in [1.807, 2.05) is 13.8 Å². The fraction of sp³-hybridized carbons (Fsp3) is 0.455. The molecule has 0 aliphatic heterocycles. The lowest BCUT2D eigenvalue weighted by Crippen LogP contribution is -2.21. The van der Waals surface area contributed by atoms with Crippen LogP contribution in [-0.2, 0) is 0 Å². The van der Waals surface area contributed by atoms with Crippen molar-refractivity contribution in [3.8, 4) is 5.75 Å². The second kappa shape index (κ2) is 5.09. The van der Waals surface area contributed by atoms with Gasteiger partial charge in [0.2, 0.25) is 0 Å². The summed E-state index contributed by atoms with van der Waals surface area (Å²) in [6.45, 7) is 2.74. The highest BCUT2D eigenvalue weighted by Gasteiger charge is 2.26. The van der Waals surface area contributed by atoms with Crippen LogP contribution in [0.4, 0.5) is 18.9 Å². The van der Waals surface area contributed by atoms with Gasteiger partial charge in [0, 0.05) is 5.69 Å². The molecule has 0 atom stereocenters. The molecule has 1 rings (SSSR count). The Morgan fingerprint density at radius 2 is 1.75 bits per heavy atom. The molecule has 0 bridgehead atoms. The summed E-state index contributed by atoms with van der Waals surface area (Å²) in [7, 11) is 0. The van der Waals surface area contributed by atoms with Crippen molar-refractivity contribution in [3.63, 3.8) is 0 Å². The average Bonchev–Trinajstić information content (AvgIpc) is 2.14. The zero-order valence-corrected chi connectivity index (χ0v) is 9.14.